The standard InChI is InChI=1S/C20H22FN5O4/c1-23-5-7-25(8-6-23)16-13-15(24(2)22-19(13)28)12-17(14(16)21)26(10-3-4-10)9-11(18(12)27)20(29)30/h9-10H,3-8H2,1-2H3,(H,22,28)(H,29,30). The van der Waals surface area contributed by atoms with E-state index in [9.17, 15) is 19.5 Å². The second-order valence-electron chi connectivity index (χ2n) is 8.22. The topological polar surface area (TPSA) is 104 Å². The molecule has 1 aromatic carbocycles. The van der Waals surface area contributed by atoms with Gasteiger partial charge in [0.05, 0.1) is 27.5 Å². The number of anilines is 1. The first-order chi connectivity index (χ1) is 14.3. The summed E-state index contributed by atoms with van der Waals surface area (Å²) in [6.45, 7) is 2.53. The van der Waals surface area contributed by atoms with Crippen LogP contribution in [0.2, 0.25) is 0 Å². The maximum atomic E-state index is 16.1. The lowest BCUT2D eigenvalue weighted by atomic mass is 10.0. The number of benzene rings is 1. The van der Waals surface area contributed by atoms with E-state index in [1.165, 1.54) is 10.9 Å². The van der Waals surface area contributed by atoms with Crippen molar-refractivity contribution in [3.63, 3.8) is 0 Å². The number of carboxylic acid groups (broad SMARTS) is 1. The molecule has 10 heteroatoms. The van der Waals surface area contributed by atoms with Gasteiger partial charge in [0, 0.05) is 45.5 Å². The van der Waals surface area contributed by atoms with Crippen LogP contribution in [0.5, 0.6) is 0 Å². The number of nitrogens with one attached hydrogen (secondary N) is 1. The van der Waals surface area contributed by atoms with Crippen molar-refractivity contribution in [2.75, 3.05) is 38.1 Å². The Bertz CT molecular complexity index is 1330. The molecule has 5 rings (SSSR count). The van der Waals surface area contributed by atoms with Gasteiger partial charge in [0.1, 0.15) is 5.56 Å². The molecule has 1 saturated carbocycles. The minimum absolute atomic E-state index is 0.0607. The van der Waals surface area contributed by atoms with Crippen LogP contribution in [0.1, 0.15) is 29.2 Å². The fourth-order valence-electron chi connectivity index (χ4n) is 4.47. The van der Waals surface area contributed by atoms with Gasteiger partial charge in [0.25, 0.3) is 5.56 Å². The highest BCUT2D eigenvalue weighted by Crippen LogP contribution is 2.41. The van der Waals surface area contributed by atoms with Crippen molar-refractivity contribution in [3.8, 4) is 0 Å². The zero-order valence-electron chi connectivity index (χ0n) is 16.7. The Morgan fingerprint density at radius 3 is 2.37 bits per heavy atom. The number of hydrogen-bond donors (Lipinski definition) is 2. The van der Waals surface area contributed by atoms with Gasteiger partial charge in [-0.25, -0.2) is 9.18 Å². The van der Waals surface area contributed by atoms with E-state index in [1.54, 1.807) is 11.6 Å². The summed E-state index contributed by atoms with van der Waals surface area (Å²) in [6, 6.07) is -0.0607. The number of aromatic amines is 1. The average Bonchev–Trinajstić information content (AvgIpc) is 3.49. The van der Waals surface area contributed by atoms with Crippen molar-refractivity contribution in [2.45, 2.75) is 18.9 Å². The summed E-state index contributed by atoms with van der Waals surface area (Å²) in [6.07, 6.45) is 2.81. The summed E-state index contributed by atoms with van der Waals surface area (Å²) in [5.74, 6) is -2.01. The van der Waals surface area contributed by atoms with Crippen LogP contribution in [0.3, 0.4) is 0 Å². The number of pyridine rings is 1. The summed E-state index contributed by atoms with van der Waals surface area (Å²) in [5.41, 5.74) is -1.20. The molecule has 2 fully saturated rings. The number of nitrogens with zero attached hydrogens (tertiary/aromatic N) is 4. The van der Waals surface area contributed by atoms with Gasteiger partial charge in [0.15, 0.2) is 5.82 Å². The van der Waals surface area contributed by atoms with E-state index in [2.05, 4.69) is 10.00 Å². The molecule has 1 saturated heterocycles. The van der Waals surface area contributed by atoms with Crippen LogP contribution in [-0.2, 0) is 7.05 Å². The van der Waals surface area contributed by atoms with Crippen molar-refractivity contribution in [1.82, 2.24) is 19.2 Å². The number of aromatic carboxylic acids is 1. The van der Waals surface area contributed by atoms with Crippen molar-refractivity contribution in [3.05, 3.63) is 38.2 Å². The number of carbonyl (C=O) groups is 1. The number of halogens is 1. The maximum absolute atomic E-state index is 16.1. The Balaban J connectivity index is 1.97. The number of rotatable bonds is 3. The number of piperazine rings is 1. The molecule has 30 heavy (non-hydrogen) atoms. The molecule has 0 radical (unpaired) electrons. The molecule has 2 aliphatic rings. The third-order valence-corrected chi connectivity index (χ3v) is 6.18. The van der Waals surface area contributed by atoms with Crippen LogP contribution < -0.4 is 15.9 Å². The minimum atomic E-state index is -1.37. The SMILES string of the molecule is CN1CCN(c2c(F)c3c(c(=O)c(C(=O)O)cn3C3CC3)c3c2c(=O)[nH]n3C)CC1. The van der Waals surface area contributed by atoms with Crippen molar-refractivity contribution < 1.29 is 14.3 Å². The Morgan fingerprint density at radius 1 is 1.10 bits per heavy atom. The number of carboxylic acids is 1. The molecule has 2 aromatic heterocycles. The monoisotopic (exact) mass is 415 g/mol. The van der Waals surface area contributed by atoms with Crippen LogP contribution in [0.25, 0.3) is 21.8 Å². The van der Waals surface area contributed by atoms with E-state index in [-0.39, 0.29) is 33.5 Å². The predicted molar refractivity (Wildman–Crippen MR) is 110 cm³/mol. The first-order valence-corrected chi connectivity index (χ1v) is 9.95. The van der Waals surface area contributed by atoms with Crippen LogP contribution in [0.4, 0.5) is 10.1 Å². The zero-order valence-corrected chi connectivity index (χ0v) is 16.7. The Morgan fingerprint density at radius 2 is 1.77 bits per heavy atom. The number of H-pyrrole nitrogens is 1. The van der Waals surface area contributed by atoms with Gasteiger partial charge in [-0.15, -0.1) is 0 Å². The van der Waals surface area contributed by atoms with Crippen molar-refractivity contribution >= 4 is 33.5 Å². The lowest BCUT2D eigenvalue weighted by molar-refractivity contribution is 0.0695. The maximum Gasteiger partial charge on any atom is 0.341 e. The molecule has 0 bridgehead atoms. The molecule has 0 amide bonds. The highest BCUT2D eigenvalue weighted by Gasteiger charge is 2.33. The predicted octanol–water partition coefficient (Wildman–Crippen LogP) is 1.11. The molecule has 3 heterocycles. The molecule has 158 valence electrons. The summed E-state index contributed by atoms with van der Waals surface area (Å²) >= 11 is 0. The Kier molecular flexibility index (Phi) is 4.04. The van der Waals surface area contributed by atoms with E-state index in [0.29, 0.717) is 13.1 Å². The van der Waals surface area contributed by atoms with E-state index in [0.717, 1.165) is 25.9 Å². The molecular weight excluding hydrogens is 393 g/mol. The molecule has 3 aromatic rings. The van der Waals surface area contributed by atoms with Crippen LogP contribution in [0.15, 0.2) is 15.8 Å². The fourth-order valence-corrected chi connectivity index (χ4v) is 4.47. The third-order valence-electron chi connectivity index (χ3n) is 6.18. The van der Waals surface area contributed by atoms with E-state index >= 15 is 4.39 Å². The highest BCUT2D eigenvalue weighted by atomic mass is 19.1. The minimum Gasteiger partial charge on any atom is -0.477 e. The fraction of sp³-hybridized carbons (Fsp3) is 0.450. The van der Waals surface area contributed by atoms with Crippen LogP contribution >= 0.6 is 0 Å². The van der Waals surface area contributed by atoms with Gasteiger partial charge < -0.3 is 19.5 Å². The number of aryl methyl sites for hydroxylation is 1. The lowest BCUT2D eigenvalue weighted by Gasteiger charge is -2.34. The second kappa shape index (κ2) is 6.43. The molecule has 1 aliphatic heterocycles. The first-order valence-electron chi connectivity index (χ1n) is 9.95. The summed E-state index contributed by atoms with van der Waals surface area (Å²) in [4.78, 5) is 41.6. The zero-order chi connectivity index (χ0) is 21.3. The first kappa shape index (κ1) is 18.9. The van der Waals surface area contributed by atoms with Crippen LogP contribution in [-0.4, -0.2) is 63.6 Å². The van der Waals surface area contributed by atoms with Crippen molar-refractivity contribution in [2.24, 2.45) is 7.05 Å². The Labute approximate surface area is 169 Å². The highest BCUT2D eigenvalue weighted by molar-refractivity contribution is 6.12. The number of hydrogen-bond acceptors (Lipinski definition) is 5. The summed E-state index contributed by atoms with van der Waals surface area (Å²) in [5, 5.41) is 12.2. The second-order valence-corrected chi connectivity index (χ2v) is 8.22. The number of fused-ring (bicyclic) bond motifs is 3. The van der Waals surface area contributed by atoms with Gasteiger partial charge in [-0.1, -0.05) is 0 Å². The normalized spacial score (nSPS) is 17.9. The molecule has 0 spiro atoms. The number of aromatic nitrogens is 3. The van der Waals surface area contributed by atoms with E-state index < -0.39 is 28.3 Å². The van der Waals surface area contributed by atoms with E-state index in [4.69, 9.17) is 0 Å². The molecule has 0 atom stereocenters. The lowest BCUT2D eigenvalue weighted by Crippen LogP contribution is -2.45. The Hall–Kier alpha value is -3.14. The third kappa shape index (κ3) is 2.59. The van der Waals surface area contributed by atoms with Crippen molar-refractivity contribution in [1.29, 1.82) is 0 Å². The quantitative estimate of drug-likeness (QED) is 0.664. The largest absolute Gasteiger partial charge is 0.477 e. The van der Waals surface area contributed by atoms with Crippen LogP contribution in [0, 0.1) is 5.82 Å². The van der Waals surface area contributed by atoms with Gasteiger partial charge in [-0.3, -0.25) is 19.4 Å². The molecule has 0 unspecified atom stereocenters. The van der Waals surface area contributed by atoms with Gasteiger partial charge in [0.2, 0.25) is 5.43 Å². The summed E-state index contributed by atoms with van der Waals surface area (Å²) < 4.78 is 19.1. The molecule has 9 nitrogen and oxygen atoms in total. The van der Waals surface area contributed by atoms with E-state index in [1.807, 2.05) is 11.9 Å². The molecule has 2 N–H and O–H groups in total. The smallest absolute Gasteiger partial charge is 0.341 e. The van der Waals surface area contributed by atoms with Gasteiger partial charge >= 0.3 is 5.97 Å². The molecule has 1 aliphatic carbocycles. The van der Waals surface area contributed by atoms with Gasteiger partial charge in [-0.2, -0.15) is 0 Å². The van der Waals surface area contributed by atoms with Gasteiger partial charge in [-0.05, 0) is 19.9 Å². The number of likely N-dealkylation sites (N-methyl/N-ethyl adjacent to an activating group) is 1. The summed E-state index contributed by atoms with van der Waals surface area (Å²) in [7, 11) is 3.56. The average molecular weight is 415 g/mol. The molecular formula is C20H22FN5O4.